The molecule has 0 fully saturated rings. The number of amides is 1. The summed E-state index contributed by atoms with van der Waals surface area (Å²) in [4.78, 5) is 29.7. The van der Waals surface area contributed by atoms with Crippen molar-refractivity contribution in [3.63, 3.8) is 0 Å². The van der Waals surface area contributed by atoms with Gasteiger partial charge in [0.25, 0.3) is 17.2 Å². The Balaban J connectivity index is 1.50. The Labute approximate surface area is 229 Å². The largest absolute Gasteiger partial charge is 0.458 e. The quantitative estimate of drug-likeness (QED) is 0.202. The number of hydrogen-bond donors (Lipinski definition) is 2. The van der Waals surface area contributed by atoms with Gasteiger partial charge in [0.15, 0.2) is 5.58 Å². The highest BCUT2D eigenvalue weighted by Crippen LogP contribution is 2.29. The van der Waals surface area contributed by atoms with Crippen molar-refractivity contribution in [2.24, 2.45) is 5.92 Å². The molecule has 9 nitrogen and oxygen atoms in total. The summed E-state index contributed by atoms with van der Waals surface area (Å²) in [5.41, 5.74) is 3.10. The fourth-order valence-corrected chi connectivity index (χ4v) is 4.88. The topological polar surface area (TPSA) is 122 Å². The molecule has 204 valence electrons. The highest BCUT2D eigenvalue weighted by atomic mass is 32.2. The van der Waals surface area contributed by atoms with Crippen molar-refractivity contribution in [2.75, 3.05) is 9.62 Å². The first kappa shape index (κ1) is 28.0. The number of benzene rings is 3. The molecule has 0 aliphatic rings. The third-order valence-electron chi connectivity index (χ3n) is 5.79. The maximum Gasteiger partial charge on any atom is 0.330 e. The minimum absolute atomic E-state index is 0.0206. The number of para-hydroxylation sites is 2. The van der Waals surface area contributed by atoms with Gasteiger partial charge in [-0.3, -0.25) is 13.7 Å². The summed E-state index contributed by atoms with van der Waals surface area (Å²) in [5.74, 6) is -1.33. The highest BCUT2D eigenvalue weighted by molar-refractivity contribution is 7.80. The average molecular weight is 550 g/mol. The smallest absolute Gasteiger partial charge is 0.330 e. The molecule has 0 spiro atoms. The van der Waals surface area contributed by atoms with Gasteiger partial charge in [-0.15, -0.1) is 0 Å². The number of hydrogen-bond acceptors (Lipinski definition) is 6. The average Bonchev–Trinajstić information content (AvgIpc) is 3.31. The molecule has 0 bridgehead atoms. The molecule has 0 saturated heterocycles. The Kier molecular flexibility index (Phi) is 8.17. The zero-order valence-electron chi connectivity index (χ0n) is 22.4. The molecule has 4 rings (SSSR count). The van der Waals surface area contributed by atoms with E-state index in [4.69, 9.17) is 9.15 Å². The van der Waals surface area contributed by atoms with Crippen LogP contribution in [0.1, 0.15) is 45.3 Å². The second-order valence-corrected chi connectivity index (χ2v) is 11.2. The lowest BCUT2D eigenvalue weighted by Gasteiger charge is -2.33. The zero-order chi connectivity index (χ0) is 28.3. The van der Waals surface area contributed by atoms with Gasteiger partial charge in [0.2, 0.25) is 0 Å². The van der Waals surface area contributed by atoms with Gasteiger partial charge < -0.3 is 14.5 Å². The van der Waals surface area contributed by atoms with Gasteiger partial charge >= 0.3 is 11.9 Å². The summed E-state index contributed by atoms with van der Waals surface area (Å²) < 4.78 is 34.6. The molecule has 1 amide bonds. The summed E-state index contributed by atoms with van der Waals surface area (Å²) in [5, 5.41) is 2.78. The Morgan fingerprint density at radius 2 is 1.56 bits per heavy atom. The first-order valence-corrected chi connectivity index (χ1v) is 13.5. The first-order chi connectivity index (χ1) is 18.4. The van der Waals surface area contributed by atoms with Crippen molar-refractivity contribution in [3.05, 3.63) is 78.7 Å². The number of carbonyl (C=O) groups excluding carboxylic acids is 2. The number of carbonyl (C=O) groups is 2. The molecule has 0 radical (unpaired) electrons. The fraction of sp³-hybridized carbons (Fsp3) is 0.276. The lowest BCUT2D eigenvalue weighted by atomic mass is 10.0. The van der Waals surface area contributed by atoms with Crippen LogP contribution in [-0.2, 0) is 20.8 Å². The van der Waals surface area contributed by atoms with Gasteiger partial charge in [-0.05, 0) is 74.2 Å². The van der Waals surface area contributed by atoms with E-state index in [1.54, 1.807) is 83.1 Å². The number of rotatable bonds is 8. The van der Waals surface area contributed by atoms with Gasteiger partial charge in [0.05, 0.1) is 5.69 Å². The van der Waals surface area contributed by atoms with E-state index in [0.717, 1.165) is 15.4 Å². The van der Waals surface area contributed by atoms with Crippen LogP contribution in [0, 0.1) is 5.92 Å². The maximum atomic E-state index is 12.9. The Hall–Kier alpha value is -4.02. The van der Waals surface area contributed by atoms with Crippen molar-refractivity contribution < 1.29 is 27.5 Å². The van der Waals surface area contributed by atoms with E-state index >= 15 is 0 Å². The SMILES string of the molecule is CC(C)C(C(=O)OC(C)(C)C)N(c1ccc(-c2ccc(NC(=O)c3nc4ccccc4o3)cc2)cc1)S(=O)O. The second-order valence-electron chi connectivity index (χ2n) is 10.3. The molecule has 10 heteroatoms. The van der Waals surface area contributed by atoms with Crippen LogP contribution >= 0.6 is 0 Å². The van der Waals surface area contributed by atoms with Crippen LogP contribution in [0.15, 0.2) is 77.2 Å². The van der Waals surface area contributed by atoms with Crippen LogP contribution < -0.4 is 9.62 Å². The lowest BCUT2D eigenvalue weighted by Crippen LogP contribution is -2.48. The van der Waals surface area contributed by atoms with Crippen LogP contribution in [0.3, 0.4) is 0 Å². The molecule has 39 heavy (non-hydrogen) atoms. The lowest BCUT2D eigenvalue weighted by molar-refractivity contribution is -0.157. The zero-order valence-corrected chi connectivity index (χ0v) is 23.2. The molecule has 2 atom stereocenters. The summed E-state index contributed by atoms with van der Waals surface area (Å²) in [7, 11) is 0. The number of fused-ring (bicyclic) bond motifs is 1. The molecule has 3 aromatic carbocycles. The van der Waals surface area contributed by atoms with Crippen LogP contribution in [0.4, 0.5) is 11.4 Å². The van der Waals surface area contributed by atoms with E-state index in [1.807, 2.05) is 24.3 Å². The van der Waals surface area contributed by atoms with Crippen molar-refractivity contribution >= 4 is 45.6 Å². The maximum absolute atomic E-state index is 12.9. The summed E-state index contributed by atoms with van der Waals surface area (Å²) in [6.45, 7) is 8.86. The Morgan fingerprint density at radius 3 is 2.10 bits per heavy atom. The predicted octanol–water partition coefficient (Wildman–Crippen LogP) is 6.06. The number of esters is 1. The second kappa shape index (κ2) is 11.4. The van der Waals surface area contributed by atoms with Crippen LogP contribution in [0.2, 0.25) is 0 Å². The minimum atomic E-state index is -2.46. The summed E-state index contributed by atoms with van der Waals surface area (Å²) in [6, 6.07) is 20.4. The van der Waals surface area contributed by atoms with Crippen molar-refractivity contribution in [1.29, 1.82) is 0 Å². The van der Waals surface area contributed by atoms with Gasteiger partial charge in [-0.2, -0.15) is 0 Å². The predicted molar refractivity (Wildman–Crippen MR) is 152 cm³/mol. The number of oxazole rings is 1. The fourth-order valence-electron chi connectivity index (χ4n) is 4.05. The monoisotopic (exact) mass is 549 g/mol. The first-order valence-electron chi connectivity index (χ1n) is 12.4. The summed E-state index contributed by atoms with van der Waals surface area (Å²) >= 11 is -2.46. The Morgan fingerprint density at radius 1 is 0.974 bits per heavy atom. The van der Waals surface area contributed by atoms with E-state index in [-0.39, 0.29) is 11.8 Å². The van der Waals surface area contributed by atoms with E-state index < -0.39 is 34.8 Å². The number of nitrogens with zero attached hydrogens (tertiary/aromatic N) is 2. The molecule has 1 aromatic heterocycles. The van der Waals surface area contributed by atoms with E-state index in [2.05, 4.69) is 10.3 Å². The number of ether oxygens (including phenoxy) is 1. The van der Waals surface area contributed by atoms with Gasteiger partial charge in [0.1, 0.15) is 17.2 Å². The number of anilines is 2. The normalized spacial score (nSPS) is 13.2. The van der Waals surface area contributed by atoms with Crippen LogP contribution in [-0.4, -0.2) is 37.3 Å². The third kappa shape index (κ3) is 6.71. The van der Waals surface area contributed by atoms with Crippen molar-refractivity contribution in [2.45, 2.75) is 46.3 Å². The molecule has 0 aliphatic carbocycles. The van der Waals surface area contributed by atoms with Crippen LogP contribution in [0.25, 0.3) is 22.2 Å². The molecule has 0 saturated carbocycles. The molecular weight excluding hydrogens is 518 g/mol. The Bertz CT molecular complexity index is 1460. The van der Waals surface area contributed by atoms with Crippen LogP contribution in [0.5, 0.6) is 0 Å². The number of nitrogens with one attached hydrogen (secondary N) is 1. The molecule has 2 unspecified atom stereocenters. The summed E-state index contributed by atoms with van der Waals surface area (Å²) in [6.07, 6.45) is 0. The third-order valence-corrected chi connectivity index (χ3v) is 6.56. The molecule has 0 aliphatic heterocycles. The molecule has 1 heterocycles. The minimum Gasteiger partial charge on any atom is -0.458 e. The van der Waals surface area contributed by atoms with Gasteiger partial charge in [0, 0.05) is 5.69 Å². The number of aromatic nitrogens is 1. The molecule has 2 N–H and O–H groups in total. The van der Waals surface area contributed by atoms with E-state index in [9.17, 15) is 18.4 Å². The highest BCUT2D eigenvalue weighted by Gasteiger charge is 2.36. The van der Waals surface area contributed by atoms with Crippen molar-refractivity contribution in [1.82, 2.24) is 4.98 Å². The standard InChI is InChI=1S/C29H31N3O6S/c1-18(2)25(28(34)38-29(3,4)5)32(39(35)36)22-16-12-20(13-17-22)19-10-14-21(15-11-19)30-26(33)27-31-23-8-6-7-9-24(23)37-27/h6-18,25H,1-5H3,(H,30,33)(H,35,36). The van der Waals surface area contributed by atoms with Crippen molar-refractivity contribution in [3.8, 4) is 11.1 Å². The van der Waals surface area contributed by atoms with Gasteiger partial charge in [-0.1, -0.05) is 50.2 Å². The van der Waals surface area contributed by atoms with E-state index in [0.29, 0.717) is 22.5 Å². The van der Waals surface area contributed by atoms with Gasteiger partial charge in [-0.25, -0.2) is 14.0 Å². The molecule has 4 aromatic rings. The molecular formula is C29H31N3O6S. The van der Waals surface area contributed by atoms with E-state index in [1.165, 1.54) is 0 Å².